The molecule has 0 atom stereocenters. The van der Waals surface area contributed by atoms with Gasteiger partial charge in [-0.1, -0.05) is 45.7 Å². The van der Waals surface area contributed by atoms with Crippen molar-refractivity contribution in [1.82, 2.24) is 10.2 Å². The first-order valence-corrected chi connectivity index (χ1v) is 13.6. The third-order valence-corrected chi connectivity index (χ3v) is 7.37. The van der Waals surface area contributed by atoms with Gasteiger partial charge in [-0.05, 0) is 73.6 Å². The lowest BCUT2D eigenvalue weighted by Gasteiger charge is -2.36. The molecule has 1 saturated heterocycles. The molecule has 4 rings (SSSR count). The number of methoxy groups -OCH3 is 1. The number of ether oxygens (including phenoxy) is 1. The Labute approximate surface area is 241 Å². The molecule has 0 aromatic heterocycles. The number of nitrogens with zero attached hydrogens (tertiary/aromatic N) is 2. The number of piperazine rings is 1. The van der Waals surface area contributed by atoms with Gasteiger partial charge in [0.2, 0.25) is 0 Å². The minimum Gasteiger partial charge on any atom is -0.496 e. The van der Waals surface area contributed by atoms with Gasteiger partial charge < -0.3 is 19.9 Å². The highest BCUT2D eigenvalue weighted by Gasteiger charge is 2.24. The summed E-state index contributed by atoms with van der Waals surface area (Å²) in [5.41, 5.74) is 4.45. The van der Waals surface area contributed by atoms with Crippen LogP contribution in [0.15, 0.2) is 59.1 Å². The van der Waals surface area contributed by atoms with Gasteiger partial charge in [-0.25, -0.2) is 0 Å². The van der Waals surface area contributed by atoms with Gasteiger partial charge >= 0.3 is 0 Å². The third kappa shape index (κ3) is 6.28. The topological polar surface area (TPSA) is 73.9 Å². The number of nitrogens with one attached hydrogen (secondary N) is 2. The minimum atomic E-state index is -0.385. The lowest BCUT2D eigenvalue weighted by atomic mass is 10.1. The van der Waals surface area contributed by atoms with Crippen molar-refractivity contribution in [3.8, 4) is 5.75 Å². The van der Waals surface area contributed by atoms with E-state index in [0.29, 0.717) is 48.2 Å². The molecule has 3 aromatic rings. The highest BCUT2D eigenvalue weighted by molar-refractivity contribution is 9.10. The maximum Gasteiger partial charge on any atom is 0.261 e. The molecule has 0 unspecified atom stereocenters. The van der Waals surface area contributed by atoms with Crippen molar-refractivity contribution in [2.24, 2.45) is 0 Å². The Kier molecular flexibility index (Phi) is 8.91. The van der Waals surface area contributed by atoms with Crippen molar-refractivity contribution < 1.29 is 14.3 Å². The van der Waals surface area contributed by atoms with Crippen molar-refractivity contribution >= 4 is 68.1 Å². The minimum absolute atomic E-state index is 0.0552. The SMILES string of the molecule is COc1c(C)cc(Br)cc1C(=O)NC(=S)Nc1ccc(N2CCN(C(=O)c3ccccc3C)CC2)c(Cl)c1. The van der Waals surface area contributed by atoms with Gasteiger partial charge in [0, 0.05) is 41.9 Å². The Bertz CT molecular complexity index is 1390. The van der Waals surface area contributed by atoms with Crippen LogP contribution < -0.4 is 20.3 Å². The van der Waals surface area contributed by atoms with Gasteiger partial charge in [0.25, 0.3) is 11.8 Å². The molecule has 10 heteroatoms. The predicted octanol–water partition coefficient (Wildman–Crippen LogP) is 5.82. The number of aryl methyl sites for hydroxylation is 2. The summed E-state index contributed by atoms with van der Waals surface area (Å²) in [5, 5.41) is 6.40. The summed E-state index contributed by atoms with van der Waals surface area (Å²) in [4.78, 5) is 29.8. The highest BCUT2D eigenvalue weighted by Crippen LogP contribution is 2.30. The van der Waals surface area contributed by atoms with E-state index in [1.807, 2.05) is 61.2 Å². The lowest BCUT2D eigenvalue weighted by molar-refractivity contribution is 0.0746. The fourth-order valence-electron chi connectivity index (χ4n) is 4.48. The Balaban J connectivity index is 1.36. The monoisotopic (exact) mass is 614 g/mol. The molecule has 198 valence electrons. The van der Waals surface area contributed by atoms with Crippen LogP contribution in [-0.4, -0.2) is 55.1 Å². The van der Waals surface area contributed by atoms with Crippen molar-refractivity contribution in [3.63, 3.8) is 0 Å². The molecule has 1 fully saturated rings. The fourth-order valence-corrected chi connectivity index (χ4v) is 5.56. The first-order chi connectivity index (χ1) is 18.2. The zero-order valence-corrected chi connectivity index (χ0v) is 24.5. The molecule has 0 spiro atoms. The van der Waals surface area contributed by atoms with Crippen LogP contribution in [0.2, 0.25) is 5.02 Å². The quantitative estimate of drug-likeness (QED) is 0.353. The summed E-state index contributed by atoms with van der Waals surface area (Å²) in [6.45, 7) is 6.38. The van der Waals surface area contributed by atoms with Crippen LogP contribution in [0.4, 0.5) is 11.4 Å². The maximum absolute atomic E-state index is 12.9. The molecule has 38 heavy (non-hydrogen) atoms. The molecule has 2 N–H and O–H groups in total. The van der Waals surface area contributed by atoms with Crippen LogP contribution in [-0.2, 0) is 0 Å². The molecule has 1 heterocycles. The molecule has 0 saturated carbocycles. The Morgan fingerprint density at radius 2 is 1.68 bits per heavy atom. The lowest BCUT2D eigenvalue weighted by Crippen LogP contribution is -2.49. The van der Waals surface area contributed by atoms with Crippen LogP contribution in [0.3, 0.4) is 0 Å². The summed E-state index contributed by atoms with van der Waals surface area (Å²) in [5.74, 6) is 0.158. The van der Waals surface area contributed by atoms with Crippen LogP contribution in [0.5, 0.6) is 5.75 Å². The van der Waals surface area contributed by atoms with Gasteiger partial charge in [0.1, 0.15) is 5.75 Å². The second kappa shape index (κ2) is 12.1. The van der Waals surface area contributed by atoms with Gasteiger partial charge in [-0.3, -0.25) is 14.9 Å². The predicted molar refractivity (Wildman–Crippen MR) is 160 cm³/mol. The molecule has 0 radical (unpaired) electrons. The number of amides is 2. The van der Waals surface area contributed by atoms with Crippen molar-refractivity contribution in [3.05, 3.63) is 86.3 Å². The van der Waals surface area contributed by atoms with E-state index in [2.05, 4.69) is 31.5 Å². The van der Waals surface area contributed by atoms with Crippen LogP contribution in [0.25, 0.3) is 0 Å². The van der Waals surface area contributed by atoms with E-state index in [9.17, 15) is 9.59 Å². The zero-order valence-electron chi connectivity index (χ0n) is 21.3. The number of rotatable bonds is 5. The number of thiocarbonyl (C=S) groups is 1. The van der Waals surface area contributed by atoms with E-state index in [1.165, 1.54) is 7.11 Å². The second-order valence-electron chi connectivity index (χ2n) is 8.97. The number of carbonyl (C=O) groups is 2. The Morgan fingerprint density at radius 3 is 2.34 bits per heavy atom. The number of hydrogen-bond donors (Lipinski definition) is 2. The number of halogens is 2. The summed E-state index contributed by atoms with van der Waals surface area (Å²) in [6.07, 6.45) is 0. The molecule has 1 aliphatic rings. The largest absolute Gasteiger partial charge is 0.496 e. The molecule has 7 nitrogen and oxygen atoms in total. The second-order valence-corrected chi connectivity index (χ2v) is 10.7. The van der Waals surface area contributed by atoms with E-state index < -0.39 is 0 Å². The van der Waals surface area contributed by atoms with E-state index >= 15 is 0 Å². The highest BCUT2D eigenvalue weighted by atomic mass is 79.9. The van der Waals surface area contributed by atoms with Crippen molar-refractivity contribution in [2.45, 2.75) is 13.8 Å². The standard InChI is InChI=1S/C28H28BrClN4O3S/c1-17-6-4-5-7-21(17)27(36)34-12-10-33(11-13-34)24-9-8-20(16-23(24)30)31-28(38)32-26(35)22-15-19(29)14-18(2)25(22)37-3/h4-9,14-16H,10-13H2,1-3H3,(H2,31,32,35,38). The molecule has 3 aromatic carbocycles. The Morgan fingerprint density at radius 1 is 0.974 bits per heavy atom. The number of carbonyl (C=O) groups excluding carboxylic acids is 2. The molecule has 2 amide bonds. The van der Waals surface area contributed by atoms with Gasteiger partial charge in [0.05, 0.1) is 23.4 Å². The number of benzene rings is 3. The first kappa shape index (κ1) is 27.9. The van der Waals surface area contributed by atoms with Gasteiger partial charge in [0.15, 0.2) is 5.11 Å². The van der Waals surface area contributed by atoms with Crippen molar-refractivity contribution in [1.29, 1.82) is 0 Å². The summed E-state index contributed by atoms with van der Waals surface area (Å²) < 4.78 is 6.16. The average molecular weight is 616 g/mol. The normalized spacial score (nSPS) is 13.2. The van der Waals surface area contributed by atoms with E-state index in [1.54, 1.807) is 12.1 Å². The third-order valence-electron chi connectivity index (χ3n) is 6.40. The van der Waals surface area contributed by atoms with Gasteiger partial charge in [-0.15, -0.1) is 0 Å². The van der Waals surface area contributed by atoms with Gasteiger partial charge in [-0.2, -0.15) is 0 Å². The Hall–Kier alpha value is -3.14. The average Bonchev–Trinajstić information content (AvgIpc) is 2.88. The number of hydrogen-bond acceptors (Lipinski definition) is 5. The van der Waals surface area contributed by atoms with E-state index in [-0.39, 0.29) is 16.9 Å². The molecule has 0 aliphatic carbocycles. The maximum atomic E-state index is 12.9. The smallest absolute Gasteiger partial charge is 0.261 e. The zero-order chi connectivity index (χ0) is 27.4. The fraction of sp³-hybridized carbons (Fsp3) is 0.250. The van der Waals surface area contributed by atoms with E-state index in [4.69, 9.17) is 28.6 Å². The number of anilines is 2. The molecular formula is C28H28BrClN4O3S. The summed E-state index contributed by atoms with van der Waals surface area (Å²) in [6, 6.07) is 16.7. The summed E-state index contributed by atoms with van der Waals surface area (Å²) in [7, 11) is 1.52. The molecule has 1 aliphatic heterocycles. The van der Waals surface area contributed by atoms with Crippen LogP contribution in [0, 0.1) is 13.8 Å². The van der Waals surface area contributed by atoms with Crippen molar-refractivity contribution in [2.75, 3.05) is 43.5 Å². The van der Waals surface area contributed by atoms with E-state index in [0.717, 1.165) is 26.9 Å². The van der Waals surface area contributed by atoms with Crippen LogP contribution in [0.1, 0.15) is 31.8 Å². The first-order valence-electron chi connectivity index (χ1n) is 12.0. The molecule has 0 bridgehead atoms. The molecular weight excluding hydrogens is 588 g/mol. The van der Waals surface area contributed by atoms with Crippen LogP contribution >= 0.6 is 39.7 Å². The summed E-state index contributed by atoms with van der Waals surface area (Å²) >= 11 is 15.4.